The zero-order chi connectivity index (χ0) is 37.1. The molecule has 4 aliphatic rings. The lowest BCUT2D eigenvalue weighted by Gasteiger charge is -2.49. The summed E-state index contributed by atoms with van der Waals surface area (Å²) in [6.07, 6.45) is -2.60. The first-order chi connectivity index (χ1) is 23.5. The largest absolute Gasteiger partial charge is 0.462 e. The molecule has 0 aliphatic carbocycles. The highest BCUT2D eigenvalue weighted by atomic mass is 16.7. The number of hydrogen-bond acceptors (Lipinski definition) is 13. The summed E-state index contributed by atoms with van der Waals surface area (Å²) in [5.41, 5.74) is -0.659. The molecule has 0 saturated carbocycles. The predicted molar refractivity (Wildman–Crippen MR) is 183 cm³/mol. The molecular weight excluding hydrogens is 650 g/mol. The van der Waals surface area contributed by atoms with Crippen LogP contribution >= 0.6 is 0 Å². The zero-order valence-corrected chi connectivity index (χ0v) is 31.3. The van der Waals surface area contributed by atoms with Crippen LogP contribution in [0.3, 0.4) is 0 Å². The minimum absolute atomic E-state index is 0.101. The van der Waals surface area contributed by atoms with Crippen LogP contribution in [-0.2, 0) is 38.0 Å². The predicted octanol–water partition coefficient (Wildman–Crippen LogP) is 2.34. The number of epoxide rings is 1. The lowest BCUT2D eigenvalue weighted by molar-refractivity contribution is -0.332. The van der Waals surface area contributed by atoms with Crippen molar-refractivity contribution in [3.8, 4) is 0 Å². The second-order valence-electron chi connectivity index (χ2n) is 15.6. The van der Waals surface area contributed by atoms with Crippen molar-refractivity contribution in [2.75, 3.05) is 20.7 Å². The molecule has 17 atom stereocenters. The van der Waals surface area contributed by atoms with E-state index < -0.39 is 96.8 Å². The van der Waals surface area contributed by atoms with Crippen molar-refractivity contribution < 1.29 is 58.4 Å². The first-order valence-corrected chi connectivity index (χ1v) is 18.5. The van der Waals surface area contributed by atoms with Gasteiger partial charge in [0.15, 0.2) is 18.4 Å². The van der Waals surface area contributed by atoms with Crippen LogP contribution in [0.4, 0.5) is 0 Å². The minimum Gasteiger partial charge on any atom is -0.462 e. The summed E-state index contributed by atoms with van der Waals surface area (Å²) in [6, 6.07) is -0.583. The van der Waals surface area contributed by atoms with E-state index in [4.69, 9.17) is 28.4 Å². The van der Waals surface area contributed by atoms with Crippen LogP contribution in [0.15, 0.2) is 12.2 Å². The van der Waals surface area contributed by atoms with Crippen molar-refractivity contribution in [1.29, 1.82) is 0 Å². The van der Waals surface area contributed by atoms with Crippen molar-refractivity contribution in [1.82, 2.24) is 4.90 Å². The van der Waals surface area contributed by atoms with Crippen molar-refractivity contribution in [3.05, 3.63) is 12.2 Å². The molecule has 3 fully saturated rings. The Morgan fingerprint density at radius 3 is 2.26 bits per heavy atom. The summed E-state index contributed by atoms with van der Waals surface area (Å²) < 4.78 is 37.1. The van der Waals surface area contributed by atoms with Crippen molar-refractivity contribution >= 4 is 11.8 Å². The van der Waals surface area contributed by atoms with Gasteiger partial charge in [-0.25, -0.2) is 0 Å². The number of rotatable bonds is 8. The number of hydrogen-bond donors (Lipinski definition) is 4. The molecule has 4 N–H and O–H groups in total. The van der Waals surface area contributed by atoms with E-state index in [-0.39, 0.29) is 37.3 Å². The Balaban J connectivity index is 1.61. The molecule has 0 spiro atoms. The Kier molecular flexibility index (Phi) is 14.5. The molecule has 0 aromatic carbocycles. The normalized spacial score (nSPS) is 47.4. The molecule has 50 heavy (non-hydrogen) atoms. The highest BCUT2D eigenvalue weighted by Crippen LogP contribution is 2.45. The summed E-state index contributed by atoms with van der Waals surface area (Å²) in [6.45, 7) is 12.8. The number of aliphatic hydroxyl groups excluding tert-OH is 4. The van der Waals surface area contributed by atoms with Gasteiger partial charge in [-0.15, -0.1) is 0 Å². The van der Waals surface area contributed by atoms with Crippen molar-refractivity contribution in [3.63, 3.8) is 0 Å². The molecule has 4 unspecified atom stereocenters. The van der Waals surface area contributed by atoms with Gasteiger partial charge in [0.05, 0.1) is 49.1 Å². The Labute approximate surface area is 297 Å². The van der Waals surface area contributed by atoms with Gasteiger partial charge in [-0.3, -0.25) is 9.59 Å². The lowest BCUT2D eigenvalue weighted by atomic mass is 9.79. The summed E-state index contributed by atoms with van der Waals surface area (Å²) in [7, 11) is 3.65. The van der Waals surface area contributed by atoms with Crippen LogP contribution in [0, 0.1) is 23.7 Å². The van der Waals surface area contributed by atoms with Gasteiger partial charge in [-0.05, 0) is 78.6 Å². The third-order valence-corrected chi connectivity index (χ3v) is 11.4. The van der Waals surface area contributed by atoms with Gasteiger partial charge in [0, 0.05) is 30.8 Å². The smallest absolute Gasteiger partial charge is 0.308 e. The number of aliphatic hydroxyl groups is 4. The van der Waals surface area contributed by atoms with E-state index in [9.17, 15) is 30.0 Å². The molecule has 13 heteroatoms. The van der Waals surface area contributed by atoms with Crippen LogP contribution in [0.5, 0.6) is 0 Å². The number of esters is 1. The average Bonchev–Trinajstić information content (AvgIpc) is 3.74. The monoisotopic (exact) mass is 713 g/mol. The second-order valence-corrected chi connectivity index (χ2v) is 15.6. The molecule has 0 radical (unpaired) electrons. The van der Waals surface area contributed by atoms with E-state index in [0.29, 0.717) is 25.7 Å². The Morgan fingerprint density at radius 2 is 1.64 bits per heavy atom. The maximum absolute atomic E-state index is 13.4. The van der Waals surface area contributed by atoms with E-state index >= 15 is 0 Å². The first kappa shape index (κ1) is 41.2. The number of ether oxygens (including phenoxy) is 6. The molecule has 4 aliphatic heterocycles. The fraction of sp³-hybridized carbons (Fsp3) is 0.892. The van der Waals surface area contributed by atoms with E-state index in [1.165, 1.54) is 0 Å². The number of ketones is 1. The molecule has 0 bridgehead atoms. The van der Waals surface area contributed by atoms with Gasteiger partial charge >= 0.3 is 5.97 Å². The average molecular weight is 714 g/mol. The Bertz CT molecular complexity index is 1150. The number of likely N-dealkylation sites (N-methyl/N-ethyl adjacent to an activating group) is 1. The Hall–Kier alpha value is -1.52. The third kappa shape index (κ3) is 9.71. The van der Waals surface area contributed by atoms with E-state index in [2.05, 4.69) is 0 Å². The van der Waals surface area contributed by atoms with Crippen molar-refractivity contribution in [2.24, 2.45) is 23.7 Å². The molecule has 13 nitrogen and oxygen atoms in total. The SMILES string of the molecule is CC[C@H]1OC(=O)C[C@@H](O)[C@H](C)C(O[C@@H]2O[C@H](C)[C@@H](OC3CCC(O)C(C)O3)[C@H](N(C)C)[C@H]2O)[C@@H](CCO)C[C@@H](C)C(=O)/C=C/[C@]2(C)O[C@H]2[C@@H]1C. The van der Waals surface area contributed by atoms with Crippen LogP contribution in [0.25, 0.3) is 0 Å². The summed E-state index contributed by atoms with van der Waals surface area (Å²) in [5.74, 6) is -2.38. The van der Waals surface area contributed by atoms with E-state index in [1.54, 1.807) is 26.0 Å². The number of fused-ring (bicyclic) bond motifs is 1. The topological polar surface area (TPSA) is 177 Å². The third-order valence-electron chi connectivity index (χ3n) is 11.4. The highest BCUT2D eigenvalue weighted by Gasteiger charge is 2.55. The highest BCUT2D eigenvalue weighted by molar-refractivity contribution is 5.91. The molecule has 4 heterocycles. The van der Waals surface area contributed by atoms with Gasteiger partial charge in [0.25, 0.3) is 0 Å². The van der Waals surface area contributed by atoms with Crippen LogP contribution in [0.2, 0.25) is 0 Å². The van der Waals surface area contributed by atoms with Gasteiger partial charge in [0.2, 0.25) is 0 Å². The molecule has 288 valence electrons. The van der Waals surface area contributed by atoms with E-state index in [1.807, 2.05) is 53.6 Å². The Morgan fingerprint density at radius 1 is 0.940 bits per heavy atom. The first-order valence-electron chi connectivity index (χ1n) is 18.5. The fourth-order valence-electron chi connectivity index (χ4n) is 8.06. The van der Waals surface area contributed by atoms with Crippen LogP contribution in [-0.4, -0.2) is 137 Å². The second kappa shape index (κ2) is 17.5. The van der Waals surface area contributed by atoms with Gasteiger partial charge in [-0.2, -0.15) is 0 Å². The minimum atomic E-state index is -1.21. The number of cyclic esters (lactones) is 1. The molecule has 4 rings (SSSR count). The summed E-state index contributed by atoms with van der Waals surface area (Å²) >= 11 is 0. The number of carbonyl (C=O) groups excluding carboxylic acids is 2. The van der Waals surface area contributed by atoms with Gasteiger partial charge in [-0.1, -0.05) is 27.7 Å². The maximum atomic E-state index is 13.4. The number of carbonyl (C=O) groups is 2. The number of nitrogens with zero attached hydrogens (tertiary/aromatic N) is 1. The molecular formula is C37H63NO12. The summed E-state index contributed by atoms with van der Waals surface area (Å²) in [5, 5.41) is 43.6. The standard InChI is InChI=1S/C37H63NO12/c1-10-28-21(4)35-37(7,50-35)15-13-25(40)19(2)17-24(14-16-39)33(20(3)27(42)18-29(43)47-28)49-36-32(44)31(38(8)9)34(23(6)46-36)48-30-12-11-26(41)22(5)45-30/h13,15,19-24,26-28,30-36,39,41-42,44H,10-12,14,16-18H2,1-9H3/b15-13+/t19-,20+,21-,22?,23-,24+,26?,27-,28-,30?,31-,32-,33?,34-,35+,36+,37+/m1/s1. The molecule has 3 saturated heterocycles. The quantitative estimate of drug-likeness (QED) is 0.213. The van der Waals surface area contributed by atoms with Crippen LogP contribution in [0.1, 0.15) is 87.0 Å². The fourth-order valence-corrected chi connectivity index (χ4v) is 8.06. The van der Waals surface area contributed by atoms with Crippen molar-refractivity contribution in [2.45, 2.75) is 166 Å². The lowest BCUT2D eigenvalue weighted by Crippen LogP contribution is -2.64. The number of allylic oxidation sites excluding steroid dienone is 1. The van der Waals surface area contributed by atoms with Gasteiger partial charge in [0.1, 0.15) is 23.9 Å². The van der Waals surface area contributed by atoms with Gasteiger partial charge < -0.3 is 53.7 Å². The van der Waals surface area contributed by atoms with E-state index in [0.717, 1.165) is 0 Å². The van der Waals surface area contributed by atoms with Crippen LogP contribution < -0.4 is 0 Å². The molecule has 0 aromatic heterocycles. The summed E-state index contributed by atoms with van der Waals surface area (Å²) in [4.78, 5) is 28.5. The molecule has 0 amide bonds. The molecule has 0 aromatic rings. The maximum Gasteiger partial charge on any atom is 0.308 e. The zero-order valence-electron chi connectivity index (χ0n) is 31.3.